The number of fused-ring (bicyclic) bond motifs is 2. The first-order valence-electron chi connectivity index (χ1n) is 8.47. The summed E-state index contributed by atoms with van der Waals surface area (Å²) in [7, 11) is 0. The van der Waals surface area contributed by atoms with E-state index in [4.69, 9.17) is 9.47 Å². The van der Waals surface area contributed by atoms with Crippen molar-refractivity contribution in [1.82, 2.24) is 0 Å². The van der Waals surface area contributed by atoms with E-state index in [2.05, 4.69) is 13.5 Å². The Morgan fingerprint density at radius 2 is 2.04 bits per heavy atom. The maximum absolute atomic E-state index is 12.7. The molecule has 0 amide bonds. The van der Waals surface area contributed by atoms with Gasteiger partial charge in [-0.1, -0.05) is 26.5 Å². The predicted octanol–water partition coefficient (Wildman–Crippen LogP) is 2.45. The number of hydrogen-bond acceptors (Lipinski definition) is 5. The summed E-state index contributed by atoms with van der Waals surface area (Å²) in [5.74, 6) is -1.47. The second-order valence-corrected chi connectivity index (χ2v) is 7.69. The Balaban J connectivity index is 2.09. The monoisotopic (exact) mass is 332 g/mol. The minimum absolute atomic E-state index is 0.0376. The summed E-state index contributed by atoms with van der Waals surface area (Å²) < 4.78 is 11.3. The Morgan fingerprint density at radius 3 is 2.67 bits per heavy atom. The summed E-state index contributed by atoms with van der Waals surface area (Å²) in [5, 5.41) is 0. The molecule has 0 bridgehead atoms. The minimum Gasteiger partial charge on any atom is -0.462 e. The molecule has 0 radical (unpaired) electrons. The summed E-state index contributed by atoms with van der Waals surface area (Å²) >= 11 is 0. The van der Waals surface area contributed by atoms with Crippen molar-refractivity contribution in [3.8, 4) is 0 Å². The number of carbonyl (C=O) groups is 3. The van der Waals surface area contributed by atoms with E-state index >= 15 is 0 Å². The average Bonchev–Trinajstić information content (AvgIpc) is 2.92. The first-order valence-corrected chi connectivity index (χ1v) is 8.47. The zero-order valence-corrected chi connectivity index (χ0v) is 14.6. The molecule has 0 aromatic carbocycles. The highest BCUT2D eigenvalue weighted by molar-refractivity contribution is 5.99. The number of rotatable bonds is 2. The normalized spacial score (nSPS) is 43.7. The van der Waals surface area contributed by atoms with Gasteiger partial charge in [-0.05, 0) is 38.2 Å². The highest BCUT2D eigenvalue weighted by atomic mass is 16.6. The molecular formula is C19H24O5. The van der Waals surface area contributed by atoms with Crippen LogP contribution >= 0.6 is 0 Å². The molecule has 7 atom stereocenters. The fraction of sp³-hybridized carbons (Fsp3) is 0.632. The van der Waals surface area contributed by atoms with Gasteiger partial charge in [-0.2, -0.15) is 0 Å². The maximum Gasteiger partial charge on any atom is 0.333 e. The van der Waals surface area contributed by atoms with Gasteiger partial charge in [0.1, 0.15) is 12.2 Å². The van der Waals surface area contributed by atoms with Crippen LogP contribution in [0.3, 0.4) is 0 Å². The quantitative estimate of drug-likeness (QED) is 0.574. The lowest BCUT2D eigenvalue weighted by Crippen LogP contribution is -2.50. The number of ether oxygens (including phenoxy) is 2. The van der Waals surface area contributed by atoms with E-state index in [1.807, 2.05) is 13.0 Å². The van der Waals surface area contributed by atoms with Gasteiger partial charge >= 0.3 is 11.9 Å². The van der Waals surface area contributed by atoms with Crippen LogP contribution in [0.2, 0.25) is 0 Å². The maximum atomic E-state index is 12.7. The van der Waals surface area contributed by atoms with Crippen LogP contribution in [0.5, 0.6) is 0 Å². The van der Waals surface area contributed by atoms with Crippen molar-refractivity contribution in [1.29, 1.82) is 0 Å². The summed E-state index contributed by atoms with van der Waals surface area (Å²) in [6, 6.07) is 0. The molecule has 5 heteroatoms. The van der Waals surface area contributed by atoms with Crippen LogP contribution in [-0.4, -0.2) is 29.9 Å². The second-order valence-electron chi connectivity index (χ2n) is 7.69. The second kappa shape index (κ2) is 5.57. The predicted molar refractivity (Wildman–Crippen MR) is 86.8 cm³/mol. The van der Waals surface area contributed by atoms with E-state index < -0.39 is 23.4 Å². The molecular weight excluding hydrogens is 308 g/mol. The van der Waals surface area contributed by atoms with E-state index in [0.29, 0.717) is 6.42 Å². The fourth-order valence-electron chi connectivity index (χ4n) is 4.65. The molecule has 1 heterocycles. The molecule has 3 rings (SSSR count). The third-order valence-electron chi connectivity index (χ3n) is 6.06. The van der Waals surface area contributed by atoms with Crippen LogP contribution in [0.1, 0.15) is 34.1 Å². The smallest absolute Gasteiger partial charge is 0.333 e. The third kappa shape index (κ3) is 2.25. The molecule has 0 spiro atoms. The van der Waals surface area contributed by atoms with Gasteiger partial charge in [0.2, 0.25) is 0 Å². The van der Waals surface area contributed by atoms with Crippen molar-refractivity contribution in [3.63, 3.8) is 0 Å². The molecule has 0 aromatic heterocycles. The van der Waals surface area contributed by atoms with Crippen LogP contribution in [0, 0.1) is 29.1 Å². The van der Waals surface area contributed by atoms with Gasteiger partial charge in [0, 0.05) is 11.5 Å². The number of esters is 2. The molecule has 2 fully saturated rings. The van der Waals surface area contributed by atoms with Crippen molar-refractivity contribution >= 4 is 17.7 Å². The van der Waals surface area contributed by atoms with E-state index in [1.54, 1.807) is 19.9 Å². The van der Waals surface area contributed by atoms with Crippen molar-refractivity contribution in [2.24, 2.45) is 29.1 Å². The zero-order valence-electron chi connectivity index (χ0n) is 14.6. The van der Waals surface area contributed by atoms with Crippen LogP contribution in [0.15, 0.2) is 24.3 Å². The Hall–Kier alpha value is -1.91. The topological polar surface area (TPSA) is 69.7 Å². The number of carbonyl (C=O) groups excluding carboxylic acids is 3. The van der Waals surface area contributed by atoms with Crippen LogP contribution in [0.25, 0.3) is 0 Å². The van der Waals surface area contributed by atoms with Gasteiger partial charge in [0.25, 0.3) is 0 Å². The summed E-state index contributed by atoms with van der Waals surface area (Å²) in [5.41, 5.74) is -0.591. The van der Waals surface area contributed by atoms with Gasteiger partial charge in [-0.25, -0.2) is 4.79 Å². The molecule has 1 saturated heterocycles. The molecule has 0 unspecified atom stereocenters. The van der Waals surface area contributed by atoms with Gasteiger partial charge in [0.05, 0.1) is 11.3 Å². The van der Waals surface area contributed by atoms with Crippen LogP contribution < -0.4 is 0 Å². The first-order chi connectivity index (χ1) is 11.2. The lowest BCUT2D eigenvalue weighted by atomic mass is 9.66. The number of hydrogen-bond donors (Lipinski definition) is 0. The van der Waals surface area contributed by atoms with Crippen LogP contribution in [0.4, 0.5) is 0 Å². The summed E-state index contributed by atoms with van der Waals surface area (Å²) in [6.07, 6.45) is 3.15. The standard InChI is InChI=1S/C19H24O5/c1-9(2)17(21)24-16-15-11(4)18(22)23-13(15)8-10(3)12-6-7-14(20)19(12,16)5/h6-7,10-13,15-16H,1,8H2,2-5H3/t10-,11+,12+,13-,15-,16+,19+/m1/s1. The summed E-state index contributed by atoms with van der Waals surface area (Å²) in [6.45, 7) is 10.9. The van der Waals surface area contributed by atoms with E-state index in [-0.39, 0.29) is 41.2 Å². The fourth-order valence-corrected chi connectivity index (χ4v) is 4.65. The molecule has 130 valence electrons. The molecule has 0 aromatic rings. The molecule has 24 heavy (non-hydrogen) atoms. The first kappa shape index (κ1) is 16.9. The van der Waals surface area contributed by atoms with Crippen molar-refractivity contribution in [3.05, 3.63) is 24.3 Å². The largest absolute Gasteiger partial charge is 0.462 e. The van der Waals surface area contributed by atoms with Gasteiger partial charge in [0.15, 0.2) is 5.78 Å². The van der Waals surface area contributed by atoms with Crippen molar-refractivity contribution in [2.75, 3.05) is 0 Å². The molecule has 1 aliphatic heterocycles. The Bertz CT molecular complexity index is 648. The lowest BCUT2D eigenvalue weighted by Gasteiger charge is -2.40. The van der Waals surface area contributed by atoms with E-state index in [0.717, 1.165) is 0 Å². The molecule has 3 aliphatic rings. The molecule has 0 N–H and O–H groups in total. The Kier molecular flexibility index (Phi) is 3.93. The van der Waals surface area contributed by atoms with Crippen molar-refractivity contribution in [2.45, 2.75) is 46.3 Å². The molecule has 2 aliphatic carbocycles. The van der Waals surface area contributed by atoms with Gasteiger partial charge in [-0.3, -0.25) is 9.59 Å². The highest BCUT2D eigenvalue weighted by Gasteiger charge is 2.62. The van der Waals surface area contributed by atoms with Gasteiger partial charge < -0.3 is 9.47 Å². The number of allylic oxidation sites excluding steroid dienone is 2. The lowest BCUT2D eigenvalue weighted by molar-refractivity contribution is -0.163. The number of ketones is 1. The van der Waals surface area contributed by atoms with Crippen LogP contribution in [-0.2, 0) is 23.9 Å². The Labute approximate surface area is 142 Å². The SMILES string of the molecule is C=C(C)C(=O)O[C@H]1[C@@H]2[C@H](C)C(=O)O[C@@H]2C[C@@H](C)[C@@H]2C=CC(=O)[C@]21C. The van der Waals surface area contributed by atoms with E-state index in [1.165, 1.54) is 0 Å². The third-order valence-corrected chi connectivity index (χ3v) is 6.06. The van der Waals surface area contributed by atoms with Gasteiger partial charge in [-0.15, -0.1) is 0 Å². The van der Waals surface area contributed by atoms with Crippen molar-refractivity contribution < 1.29 is 23.9 Å². The molecule has 5 nitrogen and oxygen atoms in total. The van der Waals surface area contributed by atoms with E-state index in [9.17, 15) is 14.4 Å². The summed E-state index contributed by atoms with van der Waals surface area (Å²) in [4.78, 5) is 37.1. The Morgan fingerprint density at radius 1 is 1.38 bits per heavy atom. The zero-order chi connectivity index (χ0) is 17.8. The molecule has 1 saturated carbocycles. The minimum atomic E-state index is -0.869. The highest BCUT2D eigenvalue weighted by Crippen LogP contribution is 2.54. The average molecular weight is 332 g/mol.